The van der Waals surface area contributed by atoms with Crippen molar-refractivity contribution >= 4 is 23.4 Å². The number of thioether (sulfide) groups is 1. The monoisotopic (exact) mass is 353 g/mol. The number of ether oxygens (including phenoxy) is 1. The molecule has 1 fully saturated rings. The molecule has 1 amide bonds. The molecule has 0 aromatic heterocycles. The molecule has 1 saturated heterocycles. The Balaban J connectivity index is 1.93. The lowest BCUT2D eigenvalue weighted by molar-refractivity contribution is -0.137. The van der Waals surface area contributed by atoms with Crippen molar-refractivity contribution in [1.82, 2.24) is 0 Å². The predicted octanol–water partition coefficient (Wildman–Crippen LogP) is 4.49. The van der Waals surface area contributed by atoms with Gasteiger partial charge in [-0.05, 0) is 42.0 Å². The molecule has 0 saturated carbocycles. The van der Waals surface area contributed by atoms with Gasteiger partial charge in [-0.15, -0.1) is 11.8 Å². The molecule has 0 radical (unpaired) electrons. The van der Waals surface area contributed by atoms with Crippen LogP contribution in [-0.4, -0.2) is 18.8 Å². The number of methoxy groups -OCH3 is 1. The number of hydrogen-bond donors (Lipinski definition) is 0. The molecule has 2 aromatic rings. The lowest BCUT2D eigenvalue weighted by Crippen LogP contribution is -2.27. The van der Waals surface area contributed by atoms with E-state index in [4.69, 9.17) is 4.74 Å². The number of rotatable bonds is 3. The molecule has 1 heterocycles. The summed E-state index contributed by atoms with van der Waals surface area (Å²) in [7, 11) is 1.56. The molecule has 1 aliphatic rings. The molecule has 0 spiro atoms. The maximum absolute atomic E-state index is 12.7. The fourth-order valence-electron chi connectivity index (χ4n) is 2.56. The molecule has 0 aliphatic carbocycles. The van der Waals surface area contributed by atoms with Crippen LogP contribution in [0.15, 0.2) is 48.5 Å². The first-order valence-corrected chi connectivity index (χ1v) is 8.20. The summed E-state index contributed by atoms with van der Waals surface area (Å²) < 4.78 is 43.3. The van der Waals surface area contributed by atoms with Crippen LogP contribution in [0.3, 0.4) is 0 Å². The highest BCUT2D eigenvalue weighted by Gasteiger charge is 2.35. The highest BCUT2D eigenvalue weighted by molar-refractivity contribution is 8.00. The molecule has 1 atom stereocenters. The third-order valence-corrected chi connectivity index (χ3v) is 4.93. The molecule has 1 unspecified atom stereocenters. The van der Waals surface area contributed by atoms with E-state index in [0.717, 1.165) is 17.7 Å². The lowest BCUT2D eigenvalue weighted by atomic mass is 10.1. The minimum absolute atomic E-state index is 0.132. The number of halogens is 3. The Morgan fingerprint density at radius 1 is 1.17 bits per heavy atom. The second-order valence-corrected chi connectivity index (χ2v) is 6.32. The Morgan fingerprint density at radius 3 is 2.50 bits per heavy atom. The minimum atomic E-state index is -4.39. The van der Waals surface area contributed by atoms with Gasteiger partial charge >= 0.3 is 6.18 Å². The average Bonchev–Trinajstić information content (AvgIpc) is 2.96. The Kier molecular flexibility index (Phi) is 4.45. The molecular weight excluding hydrogens is 339 g/mol. The van der Waals surface area contributed by atoms with Crippen molar-refractivity contribution in [1.29, 1.82) is 0 Å². The fraction of sp³-hybridized carbons (Fsp3) is 0.235. The van der Waals surface area contributed by atoms with Gasteiger partial charge in [0.05, 0.1) is 18.4 Å². The largest absolute Gasteiger partial charge is 0.497 e. The van der Waals surface area contributed by atoms with Crippen LogP contribution in [0.25, 0.3) is 0 Å². The zero-order valence-corrected chi connectivity index (χ0v) is 13.5. The molecule has 7 heteroatoms. The zero-order chi connectivity index (χ0) is 17.3. The molecule has 24 heavy (non-hydrogen) atoms. The summed E-state index contributed by atoms with van der Waals surface area (Å²) in [6, 6.07) is 12.0. The minimum Gasteiger partial charge on any atom is -0.497 e. The topological polar surface area (TPSA) is 29.5 Å². The number of hydrogen-bond acceptors (Lipinski definition) is 3. The Bertz CT molecular complexity index is 746. The Hall–Kier alpha value is -2.15. The van der Waals surface area contributed by atoms with Gasteiger partial charge in [0, 0.05) is 5.69 Å². The zero-order valence-electron chi connectivity index (χ0n) is 12.7. The summed E-state index contributed by atoms with van der Waals surface area (Å²) in [5, 5.41) is -0.288. The fourth-order valence-corrected chi connectivity index (χ4v) is 3.72. The number of nitrogens with zero attached hydrogens (tertiary/aromatic N) is 1. The van der Waals surface area contributed by atoms with Crippen LogP contribution in [0.5, 0.6) is 5.75 Å². The van der Waals surface area contributed by atoms with Gasteiger partial charge in [-0.3, -0.25) is 9.69 Å². The van der Waals surface area contributed by atoms with Crippen molar-refractivity contribution in [3.05, 3.63) is 59.7 Å². The van der Waals surface area contributed by atoms with Crippen LogP contribution in [0.1, 0.15) is 16.5 Å². The number of carbonyl (C=O) groups excluding carboxylic acids is 1. The normalized spacial score (nSPS) is 18.1. The van der Waals surface area contributed by atoms with E-state index in [1.807, 2.05) is 18.2 Å². The first-order chi connectivity index (χ1) is 11.4. The molecular formula is C17H14F3NO2S. The van der Waals surface area contributed by atoms with E-state index < -0.39 is 11.7 Å². The Labute approximate surface area is 141 Å². The number of alkyl halides is 3. The third kappa shape index (κ3) is 3.21. The van der Waals surface area contributed by atoms with Crippen molar-refractivity contribution in [2.24, 2.45) is 0 Å². The quantitative estimate of drug-likeness (QED) is 0.814. The molecule has 3 rings (SSSR count). The van der Waals surface area contributed by atoms with E-state index in [1.54, 1.807) is 13.2 Å². The van der Waals surface area contributed by atoms with Gasteiger partial charge in [-0.25, -0.2) is 0 Å². The Morgan fingerprint density at radius 2 is 1.88 bits per heavy atom. The van der Waals surface area contributed by atoms with E-state index in [-0.39, 0.29) is 17.0 Å². The number of amides is 1. The third-order valence-electron chi connectivity index (χ3n) is 3.72. The van der Waals surface area contributed by atoms with E-state index >= 15 is 0 Å². The molecule has 126 valence electrons. The van der Waals surface area contributed by atoms with Crippen LogP contribution in [0.2, 0.25) is 0 Å². The average molecular weight is 353 g/mol. The van der Waals surface area contributed by atoms with E-state index in [1.165, 1.54) is 28.8 Å². The smallest absolute Gasteiger partial charge is 0.416 e. The van der Waals surface area contributed by atoms with Gasteiger partial charge in [-0.1, -0.05) is 12.1 Å². The summed E-state index contributed by atoms with van der Waals surface area (Å²) >= 11 is 1.43. The van der Waals surface area contributed by atoms with Crippen LogP contribution < -0.4 is 9.64 Å². The van der Waals surface area contributed by atoms with Gasteiger partial charge in [0.25, 0.3) is 0 Å². The van der Waals surface area contributed by atoms with Gasteiger partial charge in [0.1, 0.15) is 11.1 Å². The molecule has 0 N–H and O–H groups in total. The lowest BCUT2D eigenvalue weighted by Gasteiger charge is -2.25. The highest BCUT2D eigenvalue weighted by Crippen LogP contribution is 2.43. The molecule has 3 nitrogen and oxygen atoms in total. The van der Waals surface area contributed by atoms with Gasteiger partial charge in [0.15, 0.2) is 0 Å². The van der Waals surface area contributed by atoms with E-state index in [2.05, 4.69) is 0 Å². The van der Waals surface area contributed by atoms with E-state index in [0.29, 0.717) is 11.4 Å². The van der Waals surface area contributed by atoms with Crippen molar-refractivity contribution in [3.63, 3.8) is 0 Å². The first kappa shape index (κ1) is 16.7. The summed E-state index contributed by atoms with van der Waals surface area (Å²) in [5.41, 5.74) is 0.583. The predicted molar refractivity (Wildman–Crippen MR) is 87.1 cm³/mol. The molecule has 2 aromatic carbocycles. The van der Waals surface area contributed by atoms with Crippen molar-refractivity contribution < 1.29 is 22.7 Å². The summed E-state index contributed by atoms with van der Waals surface area (Å²) in [5.74, 6) is 0.815. The van der Waals surface area contributed by atoms with Crippen molar-refractivity contribution in [2.75, 3.05) is 17.8 Å². The van der Waals surface area contributed by atoms with E-state index in [9.17, 15) is 18.0 Å². The van der Waals surface area contributed by atoms with Crippen LogP contribution >= 0.6 is 11.8 Å². The first-order valence-electron chi connectivity index (χ1n) is 7.15. The SMILES string of the molecule is COc1cccc(C2SCC(=O)N2c2ccc(C(F)(F)F)cc2)c1. The van der Waals surface area contributed by atoms with Crippen molar-refractivity contribution in [3.8, 4) is 5.75 Å². The maximum Gasteiger partial charge on any atom is 0.416 e. The summed E-state index contributed by atoms with van der Waals surface area (Å²) in [6.07, 6.45) is -4.39. The second kappa shape index (κ2) is 6.39. The molecule has 1 aliphatic heterocycles. The molecule has 0 bridgehead atoms. The number of anilines is 1. The standard InChI is InChI=1S/C17H14F3NO2S/c1-23-14-4-2-3-11(9-14)16-21(15(22)10-24-16)13-7-5-12(6-8-13)17(18,19)20/h2-9,16H,10H2,1H3. The van der Waals surface area contributed by atoms with Crippen LogP contribution in [-0.2, 0) is 11.0 Å². The van der Waals surface area contributed by atoms with Gasteiger partial charge in [-0.2, -0.15) is 13.2 Å². The summed E-state index contributed by atoms with van der Waals surface area (Å²) in [6.45, 7) is 0. The van der Waals surface area contributed by atoms with Crippen LogP contribution in [0, 0.1) is 0 Å². The van der Waals surface area contributed by atoms with Gasteiger partial charge in [0.2, 0.25) is 5.91 Å². The second-order valence-electron chi connectivity index (χ2n) is 5.25. The number of benzene rings is 2. The van der Waals surface area contributed by atoms with Crippen LogP contribution in [0.4, 0.5) is 18.9 Å². The summed E-state index contributed by atoms with van der Waals surface area (Å²) in [4.78, 5) is 13.8. The van der Waals surface area contributed by atoms with Gasteiger partial charge < -0.3 is 4.74 Å². The van der Waals surface area contributed by atoms with Crippen molar-refractivity contribution in [2.45, 2.75) is 11.6 Å². The number of carbonyl (C=O) groups is 1. The maximum atomic E-state index is 12.7. The highest BCUT2D eigenvalue weighted by atomic mass is 32.2.